The van der Waals surface area contributed by atoms with Crippen molar-refractivity contribution in [2.45, 2.75) is 20.1 Å². The molecule has 7 heteroatoms. The van der Waals surface area contributed by atoms with Crippen LogP contribution in [0.25, 0.3) is 11.4 Å². The number of ether oxygens (including phenoxy) is 2. The second-order valence-electron chi connectivity index (χ2n) is 6.84. The van der Waals surface area contributed by atoms with Crippen LogP contribution in [0.1, 0.15) is 18.1 Å². The van der Waals surface area contributed by atoms with Gasteiger partial charge in [0.15, 0.2) is 17.3 Å². The lowest BCUT2D eigenvalue weighted by Crippen LogP contribution is -2.17. The Balaban J connectivity index is 1.58. The molecule has 4 aromatic rings. The maximum atomic E-state index is 6.20. The molecule has 1 aromatic heterocycles. The van der Waals surface area contributed by atoms with E-state index in [4.69, 9.17) is 21.7 Å². The van der Waals surface area contributed by atoms with Crippen LogP contribution in [-0.4, -0.2) is 21.5 Å². The smallest absolute Gasteiger partial charge is 0.214 e. The highest BCUT2D eigenvalue weighted by Crippen LogP contribution is 2.32. The molecule has 0 aliphatic carbocycles. The Bertz CT molecular complexity index is 1170. The summed E-state index contributed by atoms with van der Waals surface area (Å²) in [5, 5.41) is 7.23. The summed E-state index contributed by atoms with van der Waals surface area (Å²) in [6, 6.07) is 25.9. The standard InChI is InChI=1S/C24H24N4O2S/c1-2-29-21-15-9-14-20(22(21)30-17-18-10-5-3-6-11-18)16-25-28-23(26-27-24(28)31)19-12-7-4-8-13-19/h3-15,25H,2,16-17H2,1H3,(H,27,31). The van der Waals surface area contributed by atoms with Crippen LogP contribution in [0.3, 0.4) is 0 Å². The molecule has 3 aromatic carbocycles. The predicted octanol–water partition coefficient (Wildman–Crippen LogP) is 5.33. The second kappa shape index (κ2) is 9.95. The zero-order valence-corrected chi connectivity index (χ0v) is 18.1. The lowest BCUT2D eigenvalue weighted by Gasteiger charge is -2.17. The molecule has 0 aliphatic rings. The van der Waals surface area contributed by atoms with Crippen molar-refractivity contribution in [1.29, 1.82) is 0 Å². The van der Waals surface area contributed by atoms with Crippen molar-refractivity contribution < 1.29 is 9.47 Å². The van der Waals surface area contributed by atoms with E-state index in [-0.39, 0.29) is 0 Å². The van der Waals surface area contributed by atoms with Gasteiger partial charge in [0.25, 0.3) is 0 Å². The topological polar surface area (TPSA) is 64.1 Å². The molecule has 2 N–H and O–H groups in total. The average molecular weight is 433 g/mol. The van der Waals surface area contributed by atoms with Gasteiger partial charge < -0.3 is 14.9 Å². The Kier molecular flexibility index (Phi) is 6.64. The normalized spacial score (nSPS) is 10.6. The number of aromatic nitrogens is 3. The monoisotopic (exact) mass is 432 g/mol. The molecule has 6 nitrogen and oxygen atoms in total. The average Bonchev–Trinajstić information content (AvgIpc) is 3.18. The Labute approximate surface area is 186 Å². The number of hydrogen-bond donors (Lipinski definition) is 2. The summed E-state index contributed by atoms with van der Waals surface area (Å²) in [6.07, 6.45) is 0. The fraction of sp³-hybridized carbons (Fsp3) is 0.167. The first-order chi connectivity index (χ1) is 15.3. The molecule has 0 unspecified atom stereocenters. The van der Waals surface area contributed by atoms with E-state index in [9.17, 15) is 0 Å². The Morgan fingerprint density at radius 2 is 1.68 bits per heavy atom. The summed E-state index contributed by atoms with van der Waals surface area (Å²) in [4.78, 5) is 0. The van der Waals surface area contributed by atoms with Gasteiger partial charge in [0.1, 0.15) is 6.61 Å². The van der Waals surface area contributed by atoms with Gasteiger partial charge >= 0.3 is 0 Å². The third kappa shape index (κ3) is 4.95. The van der Waals surface area contributed by atoms with Crippen LogP contribution < -0.4 is 14.9 Å². The van der Waals surface area contributed by atoms with Crippen LogP contribution in [0.15, 0.2) is 78.9 Å². The first-order valence-electron chi connectivity index (χ1n) is 10.1. The van der Waals surface area contributed by atoms with Crippen LogP contribution in [0, 0.1) is 4.77 Å². The van der Waals surface area contributed by atoms with Gasteiger partial charge in [0.2, 0.25) is 4.77 Å². The number of hydrogen-bond acceptors (Lipinski definition) is 5. The molecule has 0 fully saturated rings. The van der Waals surface area contributed by atoms with Gasteiger partial charge in [-0.25, -0.2) is 9.77 Å². The minimum Gasteiger partial charge on any atom is -0.490 e. The van der Waals surface area contributed by atoms with Crippen LogP contribution in [0.5, 0.6) is 11.5 Å². The maximum absolute atomic E-state index is 6.20. The Hall–Kier alpha value is -3.58. The molecule has 4 rings (SSSR count). The van der Waals surface area contributed by atoms with E-state index in [1.807, 2.05) is 85.8 Å². The minimum atomic E-state index is 0.457. The molecule has 0 bridgehead atoms. The first kappa shape index (κ1) is 20.7. The Morgan fingerprint density at radius 3 is 2.42 bits per heavy atom. The van der Waals surface area contributed by atoms with Crippen molar-refractivity contribution in [1.82, 2.24) is 14.9 Å². The second-order valence-corrected chi connectivity index (χ2v) is 7.23. The van der Waals surface area contributed by atoms with E-state index in [1.165, 1.54) is 0 Å². The fourth-order valence-corrected chi connectivity index (χ4v) is 3.45. The molecule has 0 aliphatic heterocycles. The van der Waals surface area contributed by atoms with Crippen molar-refractivity contribution in [2.75, 3.05) is 12.0 Å². The molecular weight excluding hydrogens is 408 g/mol. The molecule has 0 amide bonds. The van der Waals surface area contributed by atoms with Crippen molar-refractivity contribution >= 4 is 12.2 Å². The lowest BCUT2D eigenvalue weighted by molar-refractivity contribution is 0.267. The number of nitrogens with one attached hydrogen (secondary N) is 2. The molecule has 31 heavy (non-hydrogen) atoms. The van der Waals surface area contributed by atoms with Crippen molar-refractivity contribution in [3.05, 3.63) is 94.8 Å². The predicted molar refractivity (Wildman–Crippen MR) is 124 cm³/mol. The summed E-state index contributed by atoms with van der Waals surface area (Å²) in [6.45, 7) is 3.46. The number of rotatable bonds is 9. The van der Waals surface area contributed by atoms with Gasteiger partial charge in [0.05, 0.1) is 13.2 Å². The van der Waals surface area contributed by atoms with Crippen molar-refractivity contribution in [2.24, 2.45) is 0 Å². The van der Waals surface area contributed by atoms with E-state index in [1.54, 1.807) is 4.68 Å². The molecule has 0 radical (unpaired) electrons. The molecule has 0 saturated carbocycles. The lowest BCUT2D eigenvalue weighted by atomic mass is 10.2. The zero-order chi connectivity index (χ0) is 21.5. The highest BCUT2D eigenvalue weighted by atomic mass is 32.1. The largest absolute Gasteiger partial charge is 0.490 e. The first-order valence-corrected chi connectivity index (χ1v) is 10.5. The maximum Gasteiger partial charge on any atom is 0.214 e. The van der Waals surface area contributed by atoms with Gasteiger partial charge in [-0.3, -0.25) is 0 Å². The van der Waals surface area contributed by atoms with E-state index in [0.717, 1.165) is 34.0 Å². The van der Waals surface area contributed by atoms with Crippen molar-refractivity contribution in [3.63, 3.8) is 0 Å². The molecule has 158 valence electrons. The number of aromatic amines is 1. The van der Waals surface area contributed by atoms with E-state index in [0.29, 0.717) is 24.5 Å². The summed E-state index contributed by atoms with van der Waals surface area (Å²) < 4.78 is 14.3. The van der Waals surface area contributed by atoms with Gasteiger partial charge in [-0.1, -0.05) is 72.8 Å². The van der Waals surface area contributed by atoms with Crippen LogP contribution in [-0.2, 0) is 13.2 Å². The Morgan fingerprint density at radius 1 is 0.935 bits per heavy atom. The summed E-state index contributed by atoms with van der Waals surface area (Å²) in [5.74, 6) is 2.16. The van der Waals surface area contributed by atoms with E-state index >= 15 is 0 Å². The van der Waals surface area contributed by atoms with Gasteiger partial charge in [-0.15, -0.1) is 0 Å². The third-order valence-electron chi connectivity index (χ3n) is 4.72. The molecule has 0 spiro atoms. The zero-order valence-electron chi connectivity index (χ0n) is 17.2. The minimum absolute atomic E-state index is 0.457. The number of nitrogens with zero attached hydrogens (tertiary/aromatic N) is 2. The molecular formula is C24H24N4O2S. The van der Waals surface area contributed by atoms with Crippen molar-refractivity contribution in [3.8, 4) is 22.9 Å². The summed E-state index contributed by atoms with van der Waals surface area (Å²) in [5.41, 5.74) is 6.39. The third-order valence-corrected chi connectivity index (χ3v) is 4.99. The molecule has 0 atom stereocenters. The quantitative estimate of drug-likeness (QED) is 0.350. The van der Waals surface area contributed by atoms with Crippen LogP contribution >= 0.6 is 12.2 Å². The van der Waals surface area contributed by atoms with E-state index < -0.39 is 0 Å². The van der Waals surface area contributed by atoms with Crippen LogP contribution in [0.4, 0.5) is 0 Å². The fourth-order valence-electron chi connectivity index (χ4n) is 3.25. The number of H-pyrrole nitrogens is 1. The van der Waals surface area contributed by atoms with Gasteiger partial charge in [-0.2, -0.15) is 5.10 Å². The van der Waals surface area contributed by atoms with E-state index in [2.05, 4.69) is 15.6 Å². The van der Waals surface area contributed by atoms with Gasteiger partial charge in [-0.05, 0) is 30.8 Å². The molecule has 1 heterocycles. The SMILES string of the molecule is CCOc1cccc(CNn2c(-c3ccccc3)n[nH]c2=S)c1OCc1ccccc1. The van der Waals surface area contributed by atoms with Gasteiger partial charge in [0, 0.05) is 11.1 Å². The highest BCUT2D eigenvalue weighted by Gasteiger charge is 2.14. The number of benzene rings is 3. The summed E-state index contributed by atoms with van der Waals surface area (Å²) >= 11 is 5.43. The molecule has 0 saturated heterocycles. The number of para-hydroxylation sites is 1. The van der Waals surface area contributed by atoms with Crippen LogP contribution in [0.2, 0.25) is 0 Å². The summed E-state index contributed by atoms with van der Waals surface area (Å²) in [7, 11) is 0. The highest BCUT2D eigenvalue weighted by molar-refractivity contribution is 7.71.